The van der Waals surface area contributed by atoms with Gasteiger partial charge in [-0.2, -0.15) is 0 Å². The van der Waals surface area contributed by atoms with Gasteiger partial charge < -0.3 is 4.42 Å². The molecule has 4 nitrogen and oxygen atoms in total. The number of para-hydroxylation sites is 1. The highest BCUT2D eigenvalue weighted by atomic mass is 16.3. The highest BCUT2D eigenvalue weighted by Crippen LogP contribution is 2.44. The van der Waals surface area contributed by atoms with Crippen LogP contribution in [0.3, 0.4) is 0 Å². The van der Waals surface area contributed by atoms with Crippen molar-refractivity contribution >= 4 is 43.5 Å². The molecule has 0 unspecified atom stereocenters. The van der Waals surface area contributed by atoms with Crippen molar-refractivity contribution in [2.45, 2.75) is 0 Å². The van der Waals surface area contributed by atoms with E-state index >= 15 is 0 Å². The maximum Gasteiger partial charge on any atom is 0.164 e. The Morgan fingerprint density at radius 2 is 0.810 bits per heavy atom. The number of aromatic nitrogens is 3. The number of nitrogens with zero attached hydrogens (tertiary/aromatic N) is 3. The predicted octanol–water partition coefficient (Wildman–Crippen LogP) is 15.7. The summed E-state index contributed by atoms with van der Waals surface area (Å²) in [5.41, 5.74) is 13.3. The van der Waals surface area contributed by atoms with Gasteiger partial charge in [0.1, 0.15) is 11.2 Å². The summed E-state index contributed by atoms with van der Waals surface area (Å²) in [5.74, 6) is 1.79. The Morgan fingerprint density at radius 1 is 0.270 bits per heavy atom. The Morgan fingerprint density at radius 3 is 1.59 bits per heavy atom. The van der Waals surface area contributed by atoms with Crippen molar-refractivity contribution in [2.24, 2.45) is 0 Å². The lowest BCUT2D eigenvalue weighted by atomic mass is 9.90. The molecule has 63 heavy (non-hydrogen) atoms. The molecule has 4 heteroatoms. The molecule has 0 aliphatic heterocycles. The topological polar surface area (TPSA) is 51.8 Å². The third-order valence-electron chi connectivity index (χ3n) is 12.2. The minimum absolute atomic E-state index is 0.580. The molecule has 0 aliphatic rings. The van der Waals surface area contributed by atoms with Crippen LogP contribution in [0.5, 0.6) is 0 Å². The highest BCUT2D eigenvalue weighted by Gasteiger charge is 2.21. The van der Waals surface area contributed by atoms with Crippen molar-refractivity contribution in [1.82, 2.24) is 15.0 Å². The number of benzene rings is 10. The molecule has 2 heterocycles. The minimum atomic E-state index is 0.580. The van der Waals surface area contributed by atoms with Crippen LogP contribution in [0.1, 0.15) is 0 Å². The van der Waals surface area contributed by atoms with Gasteiger partial charge in [-0.05, 0) is 78.7 Å². The van der Waals surface area contributed by atoms with Gasteiger partial charge in [0.25, 0.3) is 0 Å². The predicted molar refractivity (Wildman–Crippen MR) is 260 cm³/mol. The quantitative estimate of drug-likeness (QED) is 0.151. The largest absolute Gasteiger partial charge is 0.455 e. The first-order valence-electron chi connectivity index (χ1n) is 21.3. The summed E-state index contributed by atoms with van der Waals surface area (Å²) in [6, 6.07) is 78.7. The maximum atomic E-state index is 6.90. The molecule has 2 aromatic heterocycles. The van der Waals surface area contributed by atoms with Crippen molar-refractivity contribution in [3.05, 3.63) is 224 Å². The molecule has 0 N–H and O–H groups in total. The normalized spacial score (nSPS) is 11.5. The molecule has 0 saturated carbocycles. The highest BCUT2D eigenvalue weighted by molar-refractivity contribution is 6.16. The number of furan rings is 1. The van der Waals surface area contributed by atoms with E-state index < -0.39 is 0 Å². The van der Waals surface area contributed by atoms with E-state index in [1.165, 1.54) is 21.7 Å². The van der Waals surface area contributed by atoms with E-state index in [2.05, 4.69) is 206 Å². The first-order valence-corrected chi connectivity index (χ1v) is 21.3. The van der Waals surface area contributed by atoms with Gasteiger partial charge in [-0.25, -0.2) is 15.0 Å². The zero-order valence-electron chi connectivity index (χ0n) is 34.1. The van der Waals surface area contributed by atoms with E-state index in [0.29, 0.717) is 17.5 Å². The van der Waals surface area contributed by atoms with E-state index in [9.17, 15) is 0 Å². The van der Waals surface area contributed by atoms with Crippen LogP contribution in [0.4, 0.5) is 0 Å². The number of hydrogen-bond donors (Lipinski definition) is 0. The van der Waals surface area contributed by atoms with E-state index in [1.807, 2.05) is 18.2 Å². The van der Waals surface area contributed by atoms with Gasteiger partial charge in [0, 0.05) is 33.0 Å². The molecular formula is C59H37N3O. The van der Waals surface area contributed by atoms with Crippen LogP contribution in [0, 0.1) is 0 Å². The third kappa shape index (κ3) is 6.53. The van der Waals surface area contributed by atoms with Crippen molar-refractivity contribution in [3.8, 4) is 78.7 Å². The lowest BCUT2D eigenvalue weighted by molar-refractivity contribution is 0.670. The Bertz CT molecular complexity index is 3650. The fourth-order valence-electron chi connectivity index (χ4n) is 9.04. The summed E-state index contributed by atoms with van der Waals surface area (Å²) < 4.78 is 6.90. The first-order chi connectivity index (χ1) is 31.2. The molecule has 12 rings (SSSR count). The monoisotopic (exact) mass is 803 g/mol. The van der Waals surface area contributed by atoms with Gasteiger partial charge in [-0.1, -0.05) is 206 Å². The lowest BCUT2D eigenvalue weighted by Gasteiger charge is -2.13. The SMILES string of the molecule is c1ccc(-c2ccc(-c3nc(-c4ccc5c(ccc6ccccc65)c4)nc(-c4cccc5oc6c(-c7ccc(-c8ccccc8)cc7-c7ccccc7)cccc6c45)n3)cc2)cc1. The molecule has 0 spiro atoms. The molecular weight excluding hydrogens is 767 g/mol. The molecule has 0 amide bonds. The van der Waals surface area contributed by atoms with Gasteiger partial charge in [0.15, 0.2) is 17.5 Å². The minimum Gasteiger partial charge on any atom is -0.455 e. The van der Waals surface area contributed by atoms with Crippen molar-refractivity contribution in [1.29, 1.82) is 0 Å². The summed E-state index contributed by atoms with van der Waals surface area (Å²) in [4.78, 5) is 15.7. The van der Waals surface area contributed by atoms with Gasteiger partial charge in [0.2, 0.25) is 0 Å². The Kier molecular flexibility index (Phi) is 8.79. The second kappa shape index (κ2) is 15.2. The molecule has 12 aromatic rings. The average molecular weight is 804 g/mol. The van der Waals surface area contributed by atoms with Gasteiger partial charge in [0.05, 0.1) is 0 Å². The van der Waals surface area contributed by atoms with E-state index in [1.54, 1.807) is 0 Å². The second-order valence-corrected chi connectivity index (χ2v) is 15.9. The Hall–Kier alpha value is -8.47. The lowest BCUT2D eigenvalue weighted by Crippen LogP contribution is -2.00. The number of rotatable bonds is 7. The van der Waals surface area contributed by atoms with E-state index in [4.69, 9.17) is 19.4 Å². The van der Waals surface area contributed by atoms with Gasteiger partial charge in [-0.15, -0.1) is 0 Å². The van der Waals surface area contributed by atoms with Crippen molar-refractivity contribution in [2.75, 3.05) is 0 Å². The zero-order chi connectivity index (χ0) is 41.7. The van der Waals surface area contributed by atoms with Crippen LogP contribution in [0.25, 0.3) is 122 Å². The van der Waals surface area contributed by atoms with Crippen LogP contribution >= 0.6 is 0 Å². The fraction of sp³-hybridized carbons (Fsp3) is 0. The Balaban J connectivity index is 1.04. The van der Waals surface area contributed by atoms with Gasteiger partial charge in [-0.3, -0.25) is 0 Å². The van der Waals surface area contributed by atoms with Crippen LogP contribution in [0.15, 0.2) is 229 Å². The number of hydrogen-bond acceptors (Lipinski definition) is 4. The molecule has 0 saturated heterocycles. The van der Waals surface area contributed by atoms with Crippen LogP contribution in [-0.4, -0.2) is 15.0 Å². The summed E-state index contributed by atoms with van der Waals surface area (Å²) in [6.45, 7) is 0. The van der Waals surface area contributed by atoms with Crippen LogP contribution in [-0.2, 0) is 0 Å². The summed E-state index contributed by atoms with van der Waals surface area (Å²) in [7, 11) is 0. The van der Waals surface area contributed by atoms with E-state index in [-0.39, 0.29) is 0 Å². The molecule has 294 valence electrons. The second-order valence-electron chi connectivity index (χ2n) is 15.9. The van der Waals surface area contributed by atoms with Crippen molar-refractivity contribution in [3.63, 3.8) is 0 Å². The summed E-state index contributed by atoms with van der Waals surface area (Å²) in [5, 5.41) is 6.72. The molecule has 0 fully saturated rings. The third-order valence-corrected chi connectivity index (χ3v) is 12.2. The fourth-order valence-corrected chi connectivity index (χ4v) is 9.04. The molecule has 0 atom stereocenters. The standard InChI is InChI=1S/C59H37N3O/c1-4-14-38(15-5-1)40-26-29-43(30-27-40)57-60-58(46-33-34-48-45(36-46)31-28-42-20-10-11-21-47(42)48)62-59(61-57)52-24-13-25-54-55(52)51-23-12-22-50(56(51)63-54)49-35-32-44(39-16-6-2-7-17-39)37-53(49)41-18-8-3-9-19-41/h1-37H. The maximum absolute atomic E-state index is 6.90. The zero-order valence-corrected chi connectivity index (χ0v) is 34.1. The average Bonchev–Trinajstić information content (AvgIpc) is 3.76. The van der Waals surface area contributed by atoms with E-state index in [0.717, 1.165) is 83.0 Å². The molecule has 10 aromatic carbocycles. The van der Waals surface area contributed by atoms with Crippen molar-refractivity contribution < 1.29 is 4.42 Å². The number of fused-ring (bicyclic) bond motifs is 6. The molecule has 0 aliphatic carbocycles. The van der Waals surface area contributed by atoms with Crippen LogP contribution < -0.4 is 0 Å². The summed E-state index contributed by atoms with van der Waals surface area (Å²) in [6.07, 6.45) is 0. The summed E-state index contributed by atoms with van der Waals surface area (Å²) >= 11 is 0. The Labute approximate surface area is 364 Å². The first kappa shape index (κ1) is 36.4. The molecule has 0 radical (unpaired) electrons. The van der Waals surface area contributed by atoms with Crippen LogP contribution in [0.2, 0.25) is 0 Å². The molecule has 0 bridgehead atoms. The van der Waals surface area contributed by atoms with Gasteiger partial charge >= 0.3 is 0 Å². The smallest absolute Gasteiger partial charge is 0.164 e.